The quantitative estimate of drug-likeness (QED) is 0.542. The molecule has 0 spiro atoms. The predicted octanol–water partition coefficient (Wildman–Crippen LogP) is 3.83. The Balaban J connectivity index is 2.09. The molecule has 1 amide bonds. The molecule has 0 fully saturated rings. The average Bonchev–Trinajstić information content (AvgIpc) is 2.77. The van der Waals surface area contributed by atoms with Crippen molar-refractivity contribution in [2.45, 2.75) is 19.3 Å². The first kappa shape index (κ1) is 23.6. The summed E-state index contributed by atoms with van der Waals surface area (Å²) in [6.45, 7) is 1.23. The Morgan fingerprint density at radius 3 is 2.45 bits per heavy atom. The first-order valence-electron chi connectivity index (χ1n) is 9.46. The van der Waals surface area contributed by atoms with Crippen LogP contribution in [0.2, 0.25) is 0 Å². The molecule has 3 aromatic rings. The molecule has 0 aliphatic heterocycles. The molecule has 1 atom stereocenters. The fourth-order valence-electron chi connectivity index (χ4n) is 2.79. The number of benzene rings is 2. The summed E-state index contributed by atoms with van der Waals surface area (Å²) in [5.41, 5.74) is 0.480. The number of alkyl halides is 3. The highest BCUT2D eigenvalue weighted by atomic mass is 19.4. The molecule has 1 aromatic heterocycles. The van der Waals surface area contributed by atoms with Crippen LogP contribution in [-0.4, -0.2) is 40.0 Å². The minimum absolute atomic E-state index is 0.00700. The van der Waals surface area contributed by atoms with Crippen LogP contribution in [0.5, 0.6) is 5.75 Å². The summed E-state index contributed by atoms with van der Waals surface area (Å²) in [5, 5.41) is 20.8. The summed E-state index contributed by atoms with van der Waals surface area (Å²) in [7, 11) is 0. The van der Waals surface area contributed by atoms with Crippen LogP contribution < -0.4 is 10.1 Å². The third-order valence-electron chi connectivity index (χ3n) is 4.28. The summed E-state index contributed by atoms with van der Waals surface area (Å²) in [6, 6.07) is 10.7. The Hall–Kier alpha value is -4.04. The fourth-order valence-corrected chi connectivity index (χ4v) is 2.79. The van der Waals surface area contributed by atoms with E-state index in [0.717, 1.165) is 24.3 Å². The van der Waals surface area contributed by atoms with Gasteiger partial charge in [-0.1, -0.05) is 0 Å². The standard InChI is InChI=1S/C22H16F4N4O3/c1-12(11-31)28-21(32)19-9-18(14-2-4-17(5-3-14)33-22(24,25)26)29-20(30-19)15-6-13(10-27)7-16(23)8-15/h2-9,12,31H,11H2,1H3,(H,28,32). The van der Waals surface area contributed by atoms with Gasteiger partial charge < -0.3 is 15.2 Å². The van der Waals surface area contributed by atoms with Crippen LogP contribution >= 0.6 is 0 Å². The number of aliphatic hydroxyl groups excluding tert-OH is 1. The van der Waals surface area contributed by atoms with Crippen LogP contribution in [-0.2, 0) is 0 Å². The molecule has 11 heteroatoms. The maximum Gasteiger partial charge on any atom is 0.573 e. The van der Waals surface area contributed by atoms with Crippen molar-refractivity contribution in [2.75, 3.05) is 6.61 Å². The number of aromatic nitrogens is 2. The summed E-state index contributed by atoms with van der Waals surface area (Å²) in [4.78, 5) is 21.0. The molecule has 1 heterocycles. The lowest BCUT2D eigenvalue weighted by Crippen LogP contribution is -2.35. The smallest absolute Gasteiger partial charge is 0.406 e. The van der Waals surface area contributed by atoms with E-state index in [0.29, 0.717) is 5.56 Å². The normalized spacial score (nSPS) is 12.0. The molecule has 0 aliphatic rings. The van der Waals surface area contributed by atoms with Crippen LogP contribution in [0.1, 0.15) is 23.0 Å². The molecule has 1 unspecified atom stereocenters. The van der Waals surface area contributed by atoms with Crippen LogP contribution in [0.25, 0.3) is 22.6 Å². The monoisotopic (exact) mass is 460 g/mol. The third-order valence-corrected chi connectivity index (χ3v) is 4.28. The maximum absolute atomic E-state index is 14.0. The summed E-state index contributed by atoms with van der Waals surface area (Å²) in [5.74, 6) is -1.90. The number of carbonyl (C=O) groups is 1. The van der Waals surface area contributed by atoms with Crippen LogP contribution in [0.3, 0.4) is 0 Å². The van der Waals surface area contributed by atoms with Gasteiger partial charge in [0.2, 0.25) is 0 Å². The minimum Gasteiger partial charge on any atom is -0.406 e. The Morgan fingerprint density at radius 1 is 1.15 bits per heavy atom. The van der Waals surface area contributed by atoms with Crippen LogP contribution in [0.4, 0.5) is 17.6 Å². The van der Waals surface area contributed by atoms with Gasteiger partial charge in [-0.2, -0.15) is 5.26 Å². The van der Waals surface area contributed by atoms with Gasteiger partial charge >= 0.3 is 6.36 Å². The second-order valence-corrected chi connectivity index (χ2v) is 6.93. The van der Waals surface area contributed by atoms with Crippen molar-refractivity contribution in [3.8, 4) is 34.5 Å². The molecule has 170 valence electrons. The molecule has 3 rings (SSSR count). The number of nitrogens with one attached hydrogen (secondary N) is 1. The summed E-state index contributed by atoms with van der Waals surface area (Å²) < 4.78 is 55.1. The van der Waals surface area contributed by atoms with E-state index >= 15 is 0 Å². The molecule has 0 aliphatic carbocycles. The van der Waals surface area contributed by atoms with Crippen molar-refractivity contribution in [2.24, 2.45) is 0 Å². The highest BCUT2D eigenvalue weighted by molar-refractivity contribution is 5.94. The number of carbonyl (C=O) groups excluding carboxylic acids is 1. The molecular weight excluding hydrogens is 444 g/mol. The maximum atomic E-state index is 14.0. The SMILES string of the molecule is CC(CO)NC(=O)c1cc(-c2ccc(OC(F)(F)F)cc2)nc(-c2cc(F)cc(C#N)c2)n1. The number of rotatable bonds is 6. The second kappa shape index (κ2) is 9.62. The molecule has 33 heavy (non-hydrogen) atoms. The second-order valence-electron chi connectivity index (χ2n) is 6.93. The summed E-state index contributed by atoms with van der Waals surface area (Å²) in [6.07, 6.45) is -4.85. The molecule has 0 saturated carbocycles. The highest BCUT2D eigenvalue weighted by Gasteiger charge is 2.31. The van der Waals surface area contributed by atoms with Gasteiger partial charge in [0.15, 0.2) is 5.82 Å². The Kier molecular flexibility index (Phi) is 6.89. The topological polar surface area (TPSA) is 108 Å². The van der Waals surface area contributed by atoms with Gasteiger partial charge in [0.05, 0.1) is 23.9 Å². The van der Waals surface area contributed by atoms with E-state index in [2.05, 4.69) is 20.0 Å². The molecular formula is C22H16F4N4O3. The largest absolute Gasteiger partial charge is 0.573 e. The third kappa shape index (κ3) is 6.24. The molecule has 2 N–H and O–H groups in total. The molecule has 0 bridgehead atoms. The number of hydrogen-bond donors (Lipinski definition) is 2. The zero-order valence-electron chi connectivity index (χ0n) is 17.0. The zero-order chi connectivity index (χ0) is 24.2. The molecule has 0 saturated heterocycles. The number of nitrogens with zero attached hydrogens (tertiary/aromatic N) is 3. The van der Waals surface area contributed by atoms with Crippen molar-refractivity contribution < 1.29 is 32.2 Å². The fraction of sp³-hybridized carbons (Fsp3) is 0.182. The van der Waals surface area contributed by atoms with Crippen molar-refractivity contribution in [3.05, 3.63) is 65.6 Å². The van der Waals surface area contributed by atoms with E-state index in [-0.39, 0.29) is 34.9 Å². The number of ether oxygens (including phenoxy) is 1. The predicted molar refractivity (Wildman–Crippen MR) is 108 cm³/mol. The first-order valence-corrected chi connectivity index (χ1v) is 9.46. The molecule has 2 aromatic carbocycles. The van der Waals surface area contributed by atoms with Crippen molar-refractivity contribution in [3.63, 3.8) is 0 Å². The number of halogens is 4. The van der Waals surface area contributed by atoms with E-state index in [1.807, 2.05) is 6.07 Å². The van der Waals surface area contributed by atoms with E-state index in [4.69, 9.17) is 5.26 Å². The van der Waals surface area contributed by atoms with Crippen molar-refractivity contribution in [1.82, 2.24) is 15.3 Å². The number of amides is 1. The van der Waals surface area contributed by atoms with Gasteiger partial charge in [-0.15, -0.1) is 13.2 Å². The number of hydrogen-bond acceptors (Lipinski definition) is 6. The lowest BCUT2D eigenvalue weighted by molar-refractivity contribution is -0.274. The van der Waals surface area contributed by atoms with E-state index in [9.17, 15) is 27.5 Å². The van der Waals surface area contributed by atoms with Crippen molar-refractivity contribution >= 4 is 5.91 Å². The van der Waals surface area contributed by atoms with Gasteiger partial charge in [0, 0.05) is 17.2 Å². The number of aliphatic hydroxyl groups is 1. The average molecular weight is 460 g/mol. The first-order chi connectivity index (χ1) is 15.6. The van der Waals surface area contributed by atoms with Gasteiger partial charge in [-0.3, -0.25) is 4.79 Å². The van der Waals surface area contributed by atoms with E-state index < -0.39 is 29.9 Å². The van der Waals surface area contributed by atoms with Crippen LogP contribution in [0, 0.1) is 17.1 Å². The van der Waals surface area contributed by atoms with Gasteiger partial charge in [-0.25, -0.2) is 14.4 Å². The van der Waals surface area contributed by atoms with Crippen molar-refractivity contribution in [1.29, 1.82) is 5.26 Å². The number of nitriles is 1. The Labute approximate surface area is 185 Å². The van der Waals surface area contributed by atoms with E-state index in [1.165, 1.54) is 24.3 Å². The minimum atomic E-state index is -4.85. The van der Waals surface area contributed by atoms with Crippen LogP contribution in [0.15, 0.2) is 48.5 Å². The Bertz CT molecular complexity index is 1210. The van der Waals surface area contributed by atoms with Gasteiger partial charge in [0.25, 0.3) is 5.91 Å². The lowest BCUT2D eigenvalue weighted by atomic mass is 10.1. The molecule has 0 radical (unpaired) electrons. The molecule has 7 nitrogen and oxygen atoms in total. The summed E-state index contributed by atoms with van der Waals surface area (Å²) >= 11 is 0. The highest BCUT2D eigenvalue weighted by Crippen LogP contribution is 2.28. The zero-order valence-corrected chi connectivity index (χ0v) is 17.0. The lowest BCUT2D eigenvalue weighted by Gasteiger charge is -2.13. The Morgan fingerprint density at radius 2 is 1.85 bits per heavy atom. The van der Waals surface area contributed by atoms with Gasteiger partial charge in [0.1, 0.15) is 17.3 Å². The van der Waals surface area contributed by atoms with Gasteiger partial charge in [-0.05, 0) is 55.5 Å². The van der Waals surface area contributed by atoms with E-state index in [1.54, 1.807) is 6.92 Å².